The van der Waals surface area contributed by atoms with E-state index in [9.17, 15) is 0 Å². The summed E-state index contributed by atoms with van der Waals surface area (Å²) in [6, 6.07) is 12.5. The van der Waals surface area contributed by atoms with Crippen LogP contribution >= 0.6 is 8.15 Å². The lowest BCUT2D eigenvalue weighted by Crippen LogP contribution is -2.28. The van der Waals surface area contributed by atoms with Crippen LogP contribution in [0.5, 0.6) is 5.88 Å². The molecule has 0 amide bonds. The van der Waals surface area contributed by atoms with Gasteiger partial charge < -0.3 is 4.52 Å². The summed E-state index contributed by atoms with van der Waals surface area (Å²) in [6.45, 7) is 24.4. The number of aromatic nitrogens is 1. The van der Waals surface area contributed by atoms with Crippen molar-refractivity contribution in [3.63, 3.8) is 0 Å². The molecule has 2 rings (SSSR count). The Morgan fingerprint density at radius 1 is 0.839 bits per heavy atom. The number of benzene rings is 1. The van der Waals surface area contributed by atoms with E-state index in [0.29, 0.717) is 17.7 Å². The number of aliphatic imine (C=N–C) groups is 1. The van der Waals surface area contributed by atoms with Crippen LogP contribution in [0.3, 0.4) is 0 Å². The number of para-hydroxylation sites is 1. The number of pyridine rings is 1. The summed E-state index contributed by atoms with van der Waals surface area (Å²) >= 11 is 0. The first-order chi connectivity index (χ1) is 14.2. The van der Waals surface area contributed by atoms with Crippen LogP contribution in [0.15, 0.2) is 41.4 Å². The van der Waals surface area contributed by atoms with E-state index >= 15 is 0 Å². The van der Waals surface area contributed by atoms with Gasteiger partial charge in [0.25, 0.3) is 0 Å². The molecule has 0 saturated heterocycles. The van der Waals surface area contributed by atoms with Crippen LogP contribution in [0, 0.1) is 0 Å². The molecule has 1 aromatic carbocycles. The molecule has 0 N–H and O–H groups in total. The van der Waals surface area contributed by atoms with Crippen molar-refractivity contribution >= 4 is 19.5 Å². The van der Waals surface area contributed by atoms with Gasteiger partial charge in [-0.25, -0.2) is 4.98 Å². The van der Waals surface area contributed by atoms with Gasteiger partial charge in [-0.1, -0.05) is 93.5 Å². The molecule has 0 radical (unpaired) electrons. The van der Waals surface area contributed by atoms with Crippen molar-refractivity contribution < 1.29 is 4.52 Å². The van der Waals surface area contributed by atoms with Gasteiger partial charge in [-0.3, -0.25) is 4.99 Å². The minimum absolute atomic E-state index is 0.0662. The van der Waals surface area contributed by atoms with E-state index in [4.69, 9.17) is 14.5 Å². The lowest BCUT2D eigenvalue weighted by atomic mass is 9.93. The Kier molecular flexibility index (Phi) is 8.09. The lowest BCUT2D eigenvalue weighted by molar-refractivity contribution is 0.517. The van der Waals surface area contributed by atoms with Gasteiger partial charge in [0.05, 0.1) is 17.1 Å². The molecule has 0 aliphatic rings. The van der Waals surface area contributed by atoms with Gasteiger partial charge in [-0.2, -0.15) is 0 Å². The summed E-state index contributed by atoms with van der Waals surface area (Å²) in [6.07, 6.45) is 0. The summed E-state index contributed by atoms with van der Waals surface area (Å²) in [5.41, 5.74) is 5.42. The lowest BCUT2D eigenvalue weighted by Gasteiger charge is -2.39. The minimum atomic E-state index is -0.729. The summed E-state index contributed by atoms with van der Waals surface area (Å²) < 4.78 is 6.51. The van der Waals surface area contributed by atoms with Crippen LogP contribution in [0.1, 0.15) is 105 Å². The Bertz CT molecular complexity index is 877. The molecule has 0 bridgehead atoms. The maximum absolute atomic E-state index is 6.51. The molecular formula is C27H41N2OP. The number of rotatable bonds is 6. The molecule has 0 aliphatic heterocycles. The van der Waals surface area contributed by atoms with Crippen molar-refractivity contribution in [2.75, 3.05) is 0 Å². The van der Waals surface area contributed by atoms with Crippen LogP contribution in [0.2, 0.25) is 0 Å². The van der Waals surface area contributed by atoms with E-state index in [2.05, 4.69) is 87.4 Å². The largest absolute Gasteiger partial charge is 0.456 e. The van der Waals surface area contributed by atoms with Gasteiger partial charge in [0.2, 0.25) is 5.88 Å². The van der Waals surface area contributed by atoms with Crippen molar-refractivity contribution in [3.8, 4) is 5.88 Å². The van der Waals surface area contributed by atoms with E-state index in [-0.39, 0.29) is 10.3 Å². The first kappa shape index (κ1) is 25.5. The van der Waals surface area contributed by atoms with E-state index in [1.165, 1.54) is 11.1 Å². The second-order valence-corrected chi connectivity index (χ2v) is 14.3. The number of hydrogen-bond donors (Lipinski definition) is 0. The van der Waals surface area contributed by atoms with E-state index in [1.54, 1.807) is 0 Å². The Morgan fingerprint density at radius 3 is 1.77 bits per heavy atom. The molecule has 2 aromatic rings. The number of hydrogen-bond acceptors (Lipinski definition) is 3. The molecule has 0 spiro atoms. The fraction of sp³-hybridized carbons (Fsp3) is 0.556. The predicted molar refractivity (Wildman–Crippen MR) is 138 cm³/mol. The second-order valence-electron chi connectivity index (χ2n) is 10.9. The molecule has 3 nitrogen and oxygen atoms in total. The third-order valence-electron chi connectivity index (χ3n) is 5.12. The molecule has 1 heterocycles. The average Bonchev–Trinajstić information content (AvgIpc) is 2.64. The topological polar surface area (TPSA) is 34.5 Å². The van der Waals surface area contributed by atoms with Crippen LogP contribution in [0.4, 0.5) is 5.69 Å². The van der Waals surface area contributed by atoms with E-state index < -0.39 is 8.15 Å². The minimum Gasteiger partial charge on any atom is -0.456 e. The van der Waals surface area contributed by atoms with Gasteiger partial charge in [0, 0.05) is 16.4 Å². The van der Waals surface area contributed by atoms with Gasteiger partial charge in [0.15, 0.2) is 0 Å². The maximum atomic E-state index is 6.51. The summed E-state index contributed by atoms with van der Waals surface area (Å²) in [7, 11) is -0.729. The summed E-state index contributed by atoms with van der Waals surface area (Å²) in [4.78, 5) is 9.94. The molecule has 0 fully saturated rings. The van der Waals surface area contributed by atoms with E-state index in [1.807, 2.05) is 25.1 Å². The van der Waals surface area contributed by atoms with Crippen molar-refractivity contribution in [2.24, 2.45) is 4.99 Å². The van der Waals surface area contributed by atoms with Crippen LogP contribution < -0.4 is 4.52 Å². The van der Waals surface area contributed by atoms with Crippen molar-refractivity contribution in [1.82, 2.24) is 4.98 Å². The zero-order valence-electron chi connectivity index (χ0n) is 21.4. The van der Waals surface area contributed by atoms with Crippen molar-refractivity contribution in [2.45, 2.75) is 98.3 Å². The highest BCUT2D eigenvalue weighted by Gasteiger charge is 2.38. The predicted octanol–water partition coefficient (Wildman–Crippen LogP) is 8.84. The fourth-order valence-electron chi connectivity index (χ4n) is 3.91. The Hall–Kier alpha value is -1.73. The SMILES string of the molecule is CC(=Nc1c(C(C)C)cccc1C(C)C)c1cccc(OP(C(C)(C)C)C(C)(C)C)n1. The first-order valence-electron chi connectivity index (χ1n) is 11.4. The van der Waals surface area contributed by atoms with Gasteiger partial charge in [0.1, 0.15) is 8.15 Å². The highest BCUT2D eigenvalue weighted by atomic mass is 31.1. The Balaban J connectivity index is 2.47. The molecule has 0 saturated carbocycles. The average molecular weight is 441 g/mol. The zero-order chi connectivity index (χ0) is 23.6. The highest BCUT2D eigenvalue weighted by molar-refractivity contribution is 7.56. The fourth-order valence-corrected chi connectivity index (χ4v) is 6.76. The standard InChI is InChI=1S/C27H41N2OP/c1-18(2)21-14-12-15-22(19(3)4)25(21)28-20(5)23-16-13-17-24(29-23)30-31(26(6,7)8)27(9,10)11/h12-19H,1-11H3. The quantitative estimate of drug-likeness (QED) is 0.332. The van der Waals surface area contributed by atoms with Crippen molar-refractivity contribution in [1.29, 1.82) is 0 Å². The summed E-state index contributed by atoms with van der Waals surface area (Å²) in [5.74, 6) is 1.51. The smallest absolute Gasteiger partial charge is 0.216 e. The normalized spacial score (nSPS) is 13.4. The molecule has 31 heavy (non-hydrogen) atoms. The molecule has 4 heteroatoms. The molecular weight excluding hydrogens is 399 g/mol. The molecule has 1 aromatic heterocycles. The van der Waals surface area contributed by atoms with Crippen LogP contribution in [-0.4, -0.2) is 21.0 Å². The summed E-state index contributed by atoms with van der Waals surface area (Å²) in [5, 5.41) is 0.132. The van der Waals surface area contributed by atoms with Gasteiger partial charge in [-0.05, 0) is 36.0 Å². The monoisotopic (exact) mass is 440 g/mol. The molecule has 170 valence electrons. The van der Waals surface area contributed by atoms with Gasteiger partial charge in [-0.15, -0.1) is 0 Å². The van der Waals surface area contributed by atoms with Crippen molar-refractivity contribution in [3.05, 3.63) is 53.2 Å². The van der Waals surface area contributed by atoms with E-state index in [0.717, 1.165) is 17.1 Å². The molecule has 0 unspecified atom stereocenters. The third-order valence-corrected chi connectivity index (χ3v) is 7.93. The van der Waals surface area contributed by atoms with Gasteiger partial charge >= 0.3 is 0 Å². The first-order valence-corrected chi connectivity index (χ1v) is 12.6. The zero-order valence-corrected chi connectivity index (χ0v) is 22.3. The number of nitrogens with zero attached hydrogens (tertiary/aromatic N) is 2. The Morgan fingerprint density at radius 2 is 1.32 bits per heavy atom. The molecule has 0 atom stereocenters. The highest BCUT2D eigenvalue weighted by Crippen LogP contribution is 2.59. The maximum Gasteiger partial charge on any atom is 0.216 e. The van der Waals surface area contributed by atoms with Crippen LogP contribution in [0.25, 0.3) is 0 Å². The second kappa shape index (κ2) is 9.82. The Labute approximate surface area is 191 Å². The third kappa shape index (κ3) is 6.62. The molecule has 0 aliphatic carbocycles. The van der Waals surface area contributed by atoms with Crippen LogP contribution in [-0.2, 0) is 0 Å².